The molecule has 1 N–H and O–H groups in total. The van der Waals surface area contributed by atoms with Gasteiger partial charge in [-0.1, -0.05) is 25.4 Å². The first-order valence-corrected chi connectivity index (χ1v) is 9.64. The molecule has 27 heavy (non-hydrogen) atoms. The summed E-state index contributed by atoms with van der Waals surface area (Å²) < 4.78 is 0. The number of rotatable bonds is 3. The zero-order valence-corrected chi connectivity index (χ0v) is 17.0. The molecule has 1 aromatic carbocycles. The highest BCUT2D eigenvalue weighted by atomic mass is 35.5. The van der Waals surface area contributed by atoms with Crippen molar-refractivity contribution in [2.45, 2.75) is 33.6 Å². The minimum absolute atomic E-state index is 0.0869. The van der Waals surface area contributed by atoms with Crippen molar-refractivity contribution >= 4 is 29.1 Å². The first kappa shape index (κ1) is 19.4. The first-order chi connectivity index (χ1) is 12.8. The summed E-state index contributed by atoms with van der Waals surface area (Å²) >= 11 is 5.89. The van der Waals surface area contributed by atoms with Crippen LogP contribution >= 0.6 is 11.6 Å². The minimum Gasteiger partial charge on any atom is -0.353 e. The quantitative estimate of drug-likeness (QED) is 0.856. The van der Waals surface area contributed by atoms with E-state index in [-0.39, 0.29) is 6.03 Å². The Morgan fingerprint density at radius 3 is 2.30 bits per heavy atom. The van der Waals surface area contributed by atoms with E-state index in [9.17, 15) is 4.79 Å². The fraction of sp³-hybridized carbons (Fsp3) is 0.450. The predicted molar refractivity (Wildman–Crippen MR) is 110 cm³/mol. The maximum atomic E-state index is 12.5. The van der Waals surface area contributed by atoms with Crippen molar-refractivity contribution in [2.75, 3.05) is 36.4 Å². The van der Waals surface area contributed by atoms with Gasteiger partial charge in [0.1, 0.15) is 11.6 Å². The van der Waals surface area contributed by atoms with Gasteiger partial charge in [0.15, 0.2) is 0 Å². The Balaban J connectivity index is 1.67. The van der Waals surface area contributed by atoms with Crippen LogP contribution in [-0.4, -0.2) is 47.1 Å². The molecule has 0 aliphatic carbocycles. The smallest absolute Gasteiger partial charge is 0.321 e. The summed E-state index contributed by atoms with van der Waals surface area (Å²) in [5.74, 6) is 2.15. The van der Waals surface area contributed by atoms with Crippen molar-refractivity contribution in [3.05, 3.63) is 46.4 Å². The second-order valence-electron chi connectivity index (χ2n) is 7.16. The van der Waals surface area contributed by atoms with Crippen LogP contribution < -0.4 is 10.2 Å². The standard InChI is InChI=1S/C20H26ClN5O/c1-13(2)18-14(3)22-15(4)23-19(18)25-9-11-26(12-10-25)20(27)24-17-7-5-16(21)6-8-17/h5-8,13H,9-12H2,1-4H3,(H,24,27). The van der Waals surface area contributed by atoms with Crippen LogP contribution in [0.2, 0.25) is 5.02 Å². The van der Waals surface area contributed by atoms with E-state index in [0.717, 1.165) is 36.1 Å². The Morgan fingerprint density at radius 1 is 1.07 bits per heavy atom. The van der Waals surface area contributed by atoms with Crippen molar-refractivity contribution in [1.29, 1.82) is 0 Å². The molecule has 0 unspecified atom stereocenters. The largest absolute Gasteiger partial charge is 0.353 e. The summed E-state index contributed by atoms with van der Waals surface area (Å²) in [5, 5.41) is 3.58. The van der Waals surface area contributed by atoms with Gasteiger partial charge < -0.3 is 15.1 Å². The highest BCUT2D eigenvalue weighted by molar-refractivity contribution is 6.30. The van der Waals surface area contributed by atoms with E-state index in [4.69, 9.17) is 16.6 Å². The van der Waals surface area contributed by atoms with Gasteiger partial charge in [-0.25, -0.2) is 14.8 Å². The molecule has 7 heteroatoms. The Labute approximate surface area is 165 Å². The highest BCUT2D eigenvalue weighted by Gasteiger charge is 2.25. The van der Waals surface area contributed by atoms with Crippen LogP contribution in [0.5, 0.6) is 0 Å². The van der Waals surface area contributed by atoms with E-state index >= 15 is 0 Å². The average molecular weight is 388 g/mol. The van der Waals surface area contributed by atoms with Gasteiger partial charge in [-0.05, 0) is 44.0 Å². The van der Waals surface area contributed by atoms with Crippen molar-refractivity contribution in [1.82, 2.24) is 14.9 Å². The topological polar surface area (TPSA) is 61.4 Å². The molecule has 2 aromatic rings. The molecular formula is C20H26ClN5O. The molecule has 144 valence electrons. The molecule has 6 nitrogen and oxygen atoms in total. The summed E-state index contributed by atoms with van der Waals surface area (Å²) in [6.45, 7) is 11.1. The van der Waals surface area contributed by atoms with Crippen molar-refractivity contribution in [2.24, 2.45) is 0 Å². The number of hydrogen-bond acceptors (Lipinski definition) is 4. The summed E-state index contributed by atoms with van der Waals surface area (Å²) in [6, 6.07) is 7.05. The van der Waals surface area contributed by atoms with Crippen LogP contribution in [0, 0.1) is 13.8 Å². The van der Waals surface area contributed by atoms with Crippen LogP contribution in [0.15, 0.2) is 24.3 Å². The molecule has 3 rings (SSSR count). The van der Waals surface area contributed by atoms with Gasteiger partial charge in [-0.15, -0.1) is 0 Å². The maximum absolute atomic E-state index is 12.5. The SMILES string of the molecule is Cc1nc(C)c(C(C)C)c(N2CCN(C(=O)Nc3ccc(Cl)cc3)CC2)n1. The Morgan fingerprint density at radius 2 is 1.70 bits per heavy atom. The molecule has 1 aliphatic heterocycles. The zero-order valence-electron chi connectivity index (χ0n) is 16.3. The van der Waals surface area contributed by atoms with Gasteiger partial charge >= 0.3 is 6.03 Å². The lowest BCUT2D eigenvalue weighted by Crippen LogP contribution is -2.50. The molecule has 2 heterocycles. The molecule has 2 amide bonds. The monoisotopic (exact) mass is 387 g/mol. The normalized spacial score (nSPS) is 14.6. The van der Waals surface area contributed by atoms with Gasteiger partial charge in [0.25, 0.3) is 0 Å². The van der Waals surface area contributed by atoms with Crippen molar-refractivity contribution in [3.63, 3.8) is 0 Å². The number of amides is 2. The first-order valence-electron chi connectivity index (χ1n) is 9.26. The molecule has 0 saturated carbocycles. The number of carbonyl (C=O) groups is 1. The second-order valence-corrected chi connectivity index (χ2v) is 7.60. The Kier molecular flexibility index (Phi) is 5.85. The third-order valence-electron chi connectivity index (χ3n) is 4.77. The van der Waals surface area contributed by atoms with E-state index in [1.165, 1.54) is 5.56 Å². The number of hydrogen-bond donors (Lipinski definition) is 1. The second kappa shape index (κ2) is 8.13. The molecule has 0 bridgehead atoms. The summed E-state index contributed by atoms with van der Waals surface area (Å²) in [6.07, 6.45) is 0. The average Bonchev–Trinajstić information content (AvgIpc) is 2.62. The number of anilines is 2. The molecule has 1 aliphatic rings. The molecular weight excluding hydrogens is 362 g/mol. The number of aromatic nitrogens is 2. The summed E-state index contributed by atoms with van der Waals surface area (Å²) in [5.41, 5.74) is 2.98. The molecule has 0 atom stereocenters. The van der Waals surface area contributed by atoms with Crippen LogP contribution in [0.1, 0.15) is 36.8 Å². The Bertz CT molecular complexity index is 814. The molecule has 0 radical (unpaired) electrons. The van der Waals surface area contributed by atoms with E-state index < -0.39 is 0 Å². The zero-order chi connectivity index (χ0) is 19.6. The lowest BCUT2D eigenvalue weighted by atomic mass is 10.0. The van der Waals surface area contributed by atoms with Gasteiger partial charge in [0.05, 0.1) is 0 Å². The van der Waals surface area contributed by atoms with Crippen LogP contribution in [0.4, 0.5) is 16.3 Å². The van der Waals surface area contributed by atoms with Crippen molar-refractivity contribution < 1.29 is 4.79 Å². The number of urea groups is 1. The number of aryl methyl sites for hydroxylation is 2. The molecule has 1 saturated heterocycles. The lowest BCUT2D eigenvalue weighted by Gasteiger charge is -2.36. The van der Waals surface area contributed by atoms with Crippen molar-refractivity contribution in [3.8, 4) is 0 Å². The molecule has 1 aromatic heterocycles. The summed E-state index contributed by atoms with van der Waals surface area (Å²) in [7, 11) is 0. The fourth-order valence-electron chi connectivity index (χ4n) is 3.48. The van der Waals surface area contributed by atoms with E-state index in [2.05, 4.69) is 29.0 Å². The number of nitrogens with one attached hydrogen (secondary N) is 1. The van der Waals surface area contributed by atoms with Gasteiger partial charge in [-0.2, -0.15) is 0 Å². The molecule has 0 spiro atoms. The number of halogens is 1. The number of nitrogens with zero attached hydrogens (tertiary/aromatic N) is 4. The third kappa shape index (κ3) is 4.50. The van der Waals surface area contributed by atoms with E-state index in [1.54, 1.807) is 24.3 Å². The fourth-order valence-corrected chi connectivity index (χ4v) is 3.60. The third-order valence-corrected chi connectivity index (χ3v) is 5.02. The van der Waals surface area contributed by atoms with E-state index in [1.807, 2.05) is 18.7 Å². The predicted octanol–water partition coefficient (Wildman–Crippen LogP) is 4.22. The Hall–Kier alpha value is -2.34. The molecule has 1 fully saturated rings. The van der Waals surface area contributed by atoms with Crippen LogP contribution in [0.3, 0.4) is 0 Å². The summed E-state index contributed by atoms with van der Waals surface area (Å²) in [4.78, 5) is 25.9. The van der Waals surface area contributed by atoms with Gasteiger partial charge in [-0.3, -0.25) is 0 Å². The lowest BCUT2D eigenvalue weighted by molar-refractivity contribution is 0.208. The van der Waals surface area contributed by atoms with E-state index in [0.29, 0.717) is 24.0 Å². The van der Waals surface area contributed by atoms with Gasteiger partial charge in [0.2, 0.25) is 0 Å². The number of carbonyl (C=O) groups excluding carboxylic acids is 1. The van der Waals surface area contributed by atoms with Gasteiger partial charge in [0, 0.05) is 48.1 Å². The number of benzene rings is 1. The van der Waals surface area contributed by atoms with Crippen LogP contribution in [0.25, 0.3) is 0 Å². The maximum Gasteiger partial charge on any atom is 0.321 e. The minimum atomic E-state index is -0.0869. The van der Waals surface area contributed by atoms with Crippen LogP contribution in [-0.2, 0) is 0 Å². The highest BCUT2D eigenvalue weighted by Crippen LogP contribution is 2.29. The number of piperazine rings is 1.